The van der Waals surface area contributed by atoms with E-state index in [1.807, 2.05) is 27.7 Å². The van der Waals surface area contributed by atoms with Crippen molar-refractivity contribution in [3.8, 4) is 5.75 Å². The summed E-state index contributed by atoms with van der Waals surface area (Å²) in [5, 5.41) is 0.398. The van der Waals surface area contributed by atoms with Gasteiger partial charge >= 0.3 is 0 Å². The lowest BCUT2D eigenvalue weighted by Crippen LogP contribution is -2.28. The van der Waals surface area contributed by atoms with E-state index in [2.05, 4.69) is 11.9 Å². The number of amides is 1. The first-order chi connectivity index (χ1) is 10.6. The quantitative estimate of drug-likeness (QED) is 0.849. The van der Waals surface area contributed by atoms with Crippen molar-refractivity contribution in [1.82, 2.24) is 14.5 Å². The molecule has 1 unspecified atom stereocenters. The molecule has 1 aromatic carbocycles. The lowest BCUT2D eigenvalue weighted by Gasteiger charge is -2.18. The van der Waals surface area contributed by atoms with Crippen molar-refractivity contribution in [2.45, 2.75) is 32.9 Å². The first kappa shape index (κ1) is 15.2. The number of ether oxygens (including phenoxy) is 1. The number of halogens is 1. The van der Waals surface area contributed by atoms with Gasteiger partial charge in [0.05, 0.1) is 18.1 Å². The average Bonchev–Trinajstić information content (AvgIpc) is 3.00. The van der Waals surface area contributed by atoms with Crippen molar-refractivity contribution < 1.29 is 9.53 Å². The van der Waals surface area contributed by atoms with Crippen LogP contribution < -0.4 is 4.74 Å². The molecule has 1 aliphatic rings. The first-order valence-electron chi connectivity index (χ1n) is 7.60. The summed E-state index contributed by atoms with van der Waals surface area (Å²) in [5.74, 6) is 1.40. The minimum Gasteiger partial charge on any atom is -0.497 e. The maximum atomic E-state index is 12.2. The van der Waals surface area contributed by atoms with E-state index in [9.17, 15) is 4.79 Å². The van der Waals surface area contributed by atoms with E-state index in [1.54, 1.807) is 7.11 Å². The molecule has 1 atom stereocenters. The number of carbonyl (C=O) groups excluding carboxylic acids is 1. The van der Waals surface area contributed by atoms with Crippen LogP contribution in [0.25, 0.3) is 11.0 Å². The van der Waals surface area contributed by atoms with Crippen molar-refractivity contribution in [1.29, 1.82) is 0 Å². The maximum Gasteiger partial charge on any atom is 0.224 e. The van der Waals surface area contributed by atoms with Crippen molar-refractivity contribution in [3.63, 3.8) is 0 Å². The van der Waals surface area contributed by atoms with Gasteiger partial charge in [-0.1, -0.05) is 13.3 Å². The van der Waals surface area contributed by atoms with Gasteiger partial charge in [0.1, 0.15) is 12.4 Å². The number of fused-ring (bicyclic) bond motifs is 1. The Kier molecular flexibility index (Phi) is 4.25. The summed E-state index contributed by atoms with van der Waals surface area (Å²) in [7, 11) is 1.63. The fourth-order valence-corrected chi connectivity index (χ4v) is 3.33. The number of hydrogen-bond acceptors (Lipinski definition) is 3. The van der Waals surface area contributed by atoms with Gasteiger partial charge in [-0.25, -0.2) is 4.98 Å². The fraction of sp³-hybridized carbons (Fsp3) is 0.500. The van der Waals surface area contributed by atoms with Crippen LogP contribution in [0, 0.1) is 5.92 Å². The largest absolute Gasteiger partial charge is 0.497 e. The minimum atomic E-state index is 0.194. The molecule has 0 spiro atoms. The molecular formula is C16H20ClN3O2. The fourth-order valence-electron chi connectivity index (χ4n) is 3.10. The van der Waals surface area contributed by atoms with Gasteiger partial charge in [0.2, 0.25) is 11.2 Å². The molecule has 0 bridgehead atoms. The number of aromatic nitrogens is 2. The molecule has 1 fully saturated rings. The third-order valence-electron chi connectivity index (χ3n) is 4.21. The second-order valence-corrected chi connectivity index (χ2v) is 6.12. The van der Waals surface area contributed by atoms with Crippen molar-refractivity contribution in [3.05, 3.63) is 23.5 Å². The lowest BCUT2D eigenvalue weighted by atomic mass is 10.0. The molecule has 0 aliphatic carbocycles. The maximum absolute atomic E-state index is 12.2. The highest BCUT2D eigenvalue weighted by Crippen LogP contribution is 2.27. The number of rotatable bonds is 5. The van der Waals surface area contributed by atoms with Gasteiger partial charge in [-0.05, 0) is 36.1 Å². The molecular weight excluding hydrogens is 302 g/mol. The van der Waals surface area contributed by atoms with Crippen LogP contribution in [-0.4, -0.2) is 34.0 Å². The average molecular weight is 322 g/mol. The molecule has 0 saturated carbocycles. The van der Waals surface area contributed by atoms with E-state index in [-0.39, 0.29) is 5.91 Å². The third-order valence-corrected chi connectivity index (χ3v) is 4.50. The molecule has 118 valence electrons. The van der Waals surface area contributed by atoms with Crippen LogP contribution in [0.3, 0.4) is 0 Å². The zero-order chi connectivity index (χ0) is 15.7. The van der Waals surface area contributed by atoms with Crippen LogP contribution in [0.15, 0.2) is 18.2 Å². The minimum absolute atomic E-state index is 0.194. The summed E-state index contributed by atoms with van der Waals surface area (Å²) < 4.78 is 7.13. The molecule has 1 aromatic heterocycles. The first-order valence-corrected chi connectivity index (χ1v) is 7.97. The van der Waals surface area contributed by atoms with Crippen LogP contribution >= 0.6 is 11.6 Å². The number of carbonyl (C=O) groups is 1. The Hall–Kier alpha value is -1.75. The molecule has 2 aromatic rings. The monoisotopic (exact) mass is 321 g/mol. The van der Waals surface area contributed by atoms with Crippen LogP contribution in [0.4, 0.5) is 0 Å². The number of likely N-dealkylation sites (tertiary alicyclic amines) is 1. The second-order valence-electron chi connectivity index (χ2n) is 5.78. The van der Waals surface area contributed by atoms with E-state index in [0.717, 1.165) is 36.2 Å². The van der Waals surface area contributed by atoms with Crippen LogP contribution in [0.1, 0.15) is 26.2 Å². The molecule has 1 saturated heterocycles. The van der Waals surface area contributed by atoms with E-state index < -0.39 is 0 Å². The van der Waals surface area contributed by atoms with E-state index in [0.29, 0.717) is 24.3 Å². The predicted molar refractivity (Wildman–Crippen MR) is 86.0 cm³/mol. The van der Waals surface area contributed by atoms with Crippen LogP contribution in [0.5, 0.6) is 5.75 Å². The smallest absolute Gasteiger partial charge is 0.224 e. The molecule has 1 amide bonds. The topological polar surface area (TPSA) is 47.4 Å². The number of benzene rings is 1. The Labute approximate surface area is 134 Å². The van der Waals surface area contributed by atoms with E-state index in [4.69, 9.17) is 16.3 Å². The van der Waals surface area contributed by atoms with Gasteiger partial charge in [-0.15, -0.1) is 0 Å². The molecule has 5 nitrogen and oxygen atoms in total. The Morgan fingerprint density at radius 2 is 2.27 bits per heavy atom. The molecule has 3 rings (SSSR count). The number of imidazole rings is 1. The normalized spacial score (nSPS) is 18.4. The van der Waals surface area contributed by atoms with Crippen LogP contribution in [-0.2, 0) is 11.5 Å². The van der Waals surface area contributed by atoms with Gasteiger partial charge < -0.3 is 9.64 Å². The Morgan fingerprint density at radius 1 is 1.45 bits per heavy atom. The Morgan fingerprint density at radius 3 is 3.00 bits per heavy atom. The molecule has 1 aliphatic heterocycles. The standard InChI is InChI=1S/C16H20ClN3O2/c1-3-4-11-7-15(21)19(9-11)10-20-14-8-12(22-2)5-6-13(14)18-16(20)17/h5-6,8,11H,3-4,7,9-10H2,1-2H3. The molecule has 0 N–H and O–H groups in total. The summed E-state index contributed by atoms with van der Waals surface area (Å²) >= 11 is 6.26. The summed E-state index contributed by atoms with van der Waals surface area (Å²) in [6.07, 6.45) is 2.84. The third kappa shape index (κ3) is 2.77. The zero-order valence-corrected chi connectivity index (χ0v) is 13.6. The predicted octanol–water partition coefficient (Wildman–Crippen LogP) is 3.30. The highest BCUT2D eigenvalue weighted by molar-refractivity contribution is 6.29. The summed E-state index contributed by atoms with van der Waals surface area (Å²) in [6.45, 7) is 3.40. The Bertz CT molecular complexity index is 698. The van der Waals surface area contributed by atoms with Gasteiger partial charge in [0.15, 0.2) is 0 Å². The summed E-state index contributed by atoms with van der Waals surface area (Å²) in [4.78, 5) is 18.4. The molecule has 0 radical (unpaired) electrons. The van der Waals surface area contributed by atoms with E-state index in [1.165, 1.54) is 0 Å². The highest BCUT2D eigenvalue weighted by atomic mass is 35.5. The SMILES string of the molecule is CCCC1CC(=O)N(Cn2c(Cl)nc3ccc(OC)cc32)C1. The lowest BCUT2D eigenvalue weighted by molar-refractivity contribution is -0.129. The van der Waals surface area contributed by atoms with Crippen molar-refractivity contribution in [2.24, 2.45) is 5.92 Å². The van der Waals surface area contributed by atoms with Crippen molar-refractivity contribution in [2.75, 3.05) is 13.7 Å². The zero-order valence-electron chi connectivity index (χ0n) is 12.9. The number of hydrogen-bond donors (Lipinski definition) is 0. The van der Waals surface area contributed by atoms with Crippen LogP contribution in [0.2, 0.25) is 5.28 Å². The summed E-state index contributed by atoms with van der Waals surface area (Å²) in [5.41, 5.74) is 1.69. The number of nitrogens with zero attached hydrogens (tertiary/aromatic N) is 3. The second kappa shape index (κ2) is 6.16. The van der Waals surface area contributed by atoms with Gasteiger partial charge in [0.25, 0.3) is 0 Å². The molecule has 2 heterocycles. The summed E-state index contributed by atoms with van der Waals surface area (Å²) in [6, 6.07) is 5.63. The molecule has 6 heteroatoms. The van der Waals surface area contributed by atoms with Gasteiger partial charge in [-0.2, -0.15) is 0 Å². The van der Waals surface area contributed by atoms with Gasteiger partial charge in [-0.3, -0.25) is 9.36 Å². The highest BCUT2D eigenvalue weighted by Gasteiger charge is 2.29. The molecule has 22 heavy (non-hydrogen) atoms. The van der Waals surface area contributed by atoms with E-state index >= 15 is 0 Å². The van der Waals surface area contributed by atoms with Gasteiger partial charge in [0, 0.05) is 19.0 Å². The Balaban J connectivity index is 1.87. The number of methoxy groups -OCH3 is 1. The van der Waals surface area contributed by atoms with Crippen molar-refractivity contribution >= 4 is 28.5 Å².